The Balaban J connectivity index is 1.51. The maximum absolute atomic E-state index is 6.35. The Morgan fingerprint density at radius 1 is 0.500 bits per heavy atom. The number of rotatable bonds is 10. The van der Waals surface area contributed by atoms with Crippen LogP contribution >= 0.6 is 8.15 Å². The minimum absolute atomic E-state index is 0.404. The van der Waals surface area contributed by atoms with Crippen LogP contribution in [-0.4, -0.2) is 18.9 Å². The molecule has 0 heterocycles. The minimum Gasteiger partial charge on any atom is -0.359 e. The smallest absolute Gasteiger partial charge is 0.0549 e. The van der Waals surface area contributed by atoms with Crippen molar-refractivity contribution in [2.24, 2.45) is 0 Å². The van der Waals surface area contributed by atoms with Crippen molar-refractivity contribution in [2.45, 2.75) is 19.3 Å². The zero-order valence-corrected chi connectivity index (χ0v) is 16.2. The quantitative estimate of drug-likeness (QED) is 0.394. The lowest BCUT2D eigenvalue weighted by molar-refractivity contribution is 0.356. The van der Waals surface area contributed by atoms with Crippen LogP contribution < -0.4 is 0 Å². The first kappa shape index (κ1) is 18.8. The predicted molar refractivity (Wildman–Crippen MR) is 113 cm³/mol. The van der Waals surface area contributed by atoms with E-state index in [0.717, 1.165) is 38.2 Å². The molecule has 0 fully saturated rings. The topological polar surface area (TPSA) is 9.23 Å². The van der Waals surface area contributed by atoms with Crippen LogP contribution in [0.2, 0.25) is 0 Å². The predicted octanol–water partition coefficient (Wildman–Crippen LogP) is 6.13. The Hall–Kier alpha value is -1.95. The molecule has 0 saturated heterocycles. The molecule has 0 radical (unpaired) electrons. The van der Waals surface area contributed by atoms with Crippen LogP contribution in [0.1, 0.15) is 16.7 Å². The van der Waals surface area contributed by atoms with E-state index in [1.807, 2.05) is 0 Å². The lowest BCUT2D eigenvalue weighted by Gasteiger charge is -2.18. The lowest BCUT2D eigenvalue weighted by Crippen LogP contribution is -2.03. The van der Waals surface area contributed by atoms with E-state index < -0.39 is 8.15 Å². The summed E-state index contributed by atoms with van der Waals surface area (Å²) >= 11 is 0. The highest BCUT2D eigenvalue weighted by molar-refractivity contribution is 7.52. The van der Waals surface area contributed by atoms with Crippen LogP contribution in [0.25, 0.3) is 0 Å². The zero-order valence-electron chi connectivity index (χ0n) is 15.3. The van der Waals surface area contributed by atoms with Crippen LogP contribution in [0.15, 0.2) is 91.0 Å². The average molecular weight is 362 g/mol. The highest BCUT2D eigenvalue weighted by Crippen LogP contribution is 2.38. The third-order valence-corrected chi connectivity index (χ3v) is 6.49. The zero-order chi connectivity index (χ0) is 17.9. The van der Waals surface area contributed by atoms with Crippen LogP contribution in [0.4, 0.5) is 0 Å². The third kappa shape index (κ3) is 6.75. The molecule has 0 aliphatic carbocycles. The molecule has 0 unspecified atom stereocenters. The van der Waals surface area contributed by atoms with Gasteiger partial charge in [0.25, 0.3) is 0 Å². The van der Waals surface area contributed by atoms with Crippen LogP contribution in [0.5, 0.6) is 0 Å². The van der Waals surface area contributed by atoms with E-state index in [0.29, 0.717) is 0 Å². The summed E-state index contributed by atoms with van der Waals surface area (Å²) < 4.78 is 6.35. The summed E-state index contributed by atoms with van der Waals surface area (Å²) in [5, 5.41) is 0. The van der Waals surface area contributed by atoms with Gasteiger partial charge in [-0.2, -0.15) is 0 Å². The molecule has 0 saturated carbocycles. The Morgan fingerprint density at radius 2 is 0.885 bits per heavy atom. The summed E-state index contributed by atoms with van der Waals surface area (Å²) in [6.07, 6.45) is 5.48. The standard InChI is InChI=1S/C24H27OP/c1-4-10-22(11-5-1)16-19-25-26(20-17-23-12-6-2-7-13-23)21-18-24-14-8-3-9-15-24/h1-15H,16-21H2. The van der Waals surface area contributed by atoms with Gasteiger partial charge in [0.2, 0.25) is 0 Å². The minimum atomic E-state index is -0.404. The molecule has 0 atom stereocenters. The third-order valence-electron chi connectivity index (χ3n) is 4.49. The normalized spacial score (nSPS) is 11.0. The summed E-state index contributed by atoms with van der Waals surface area (Å²) in [6, 6.07) is 32.1. The number of aryl methyl sites for hydroxylation is 2. The van der Waals surface area contributed by atoms with E-state index in [1.165, 1.54) is 16.7 Å². The highest BCUT2D eigenvalue weighted by Gasteiger charge is 2.10. The lowest BCUT2D eigenvalue weighted by atomic mass is 10.2. The second kappa shape index (κ2) is 10.9. The summed E-state index contributed by atoms with van der Waals surface area (Å²) in [5.41, 5.74) is 4.17. The van der Waals surface area contributed by atoms with Gasteiger partial charge in [-0.15, -0.1) is 0 Å². The molecule has 3 aromatic rings. The van der Waals surface area contributed by atoms with Gasteiger partial charge in [0, 0.05) is 8.15 Å². The molecule has 0 bridgehead atoms. The first-order valence-electron chi connectivity index (χ1n) is 9.40. The summed E-state index contributed by atoms with van der Waals surface area (Å²) in [5.74, 6) is 0. The van der Waals surface area contributed by atoms with Gasteiger partial charge in [0.15, 0.2) is 0 Å². The molecule has 0 aliphatic heterocycles. The molecule has 134 valence electrons. The Bertz CT molecular complexity index is 684. The van der Waals surface area contributed by atoms with Crippen molar-refractivity contribution in [1.82, 2.24) is 0 Å². The molecule has 0 N–H and O–H groups in total. The van der Waals surface area contributed by atoms with Crippen molar-refractivity contribution in [1.29, 1.82) is 0 Å². The van der Waals surface area contributed by atoms with Crippen LogP contribution in [-0.2, 0) is 23.8 Å². The molecular weight excluding hydrogens is 335 g/mol. The second-order valence-corrected chi connectivity index (χ2v) is 8.59. The Kier molecular flexibility index (Phi) is 7.90. The second-order valence-electron chi connectivity index (χ2n) is 6.47. The Morgan fingerprint density at radius 3 is 1.31 bits per heavy atom. The van der Waals surface area contributed by atoms with E-state index >= 15 is 0 Å². The Labute approximate surface area is 158 Å². The molecule has 2 heteroatoms. The van der Waals surface area contributed by atoms with Crippen LogP contribution in [0.3, 0.4) is 0 Å². The maximum Gasteiger partial charge on any atom is 0.0549 e. The van der Waals surface area contributed by atoms with E-state index in [4.69, 9.17) is 4.52 Å². The van der Waals surface area contributed by atoms with Gasteiger partial charge in [-0.3, -0.25) is 0 Å². The van der Waals surface area contributed by atoms with Crippen LogP contribution in [0, 0.1) is 0 Å². The van der Waals surface area contributed by atoms with Gasteiger partial charge in [-0.05, 0) is 48.3 Å². The SMILES string of the molecule is c1ccc(CCOP(CCc2ccccc2)CCc2ccccc2)cc1. The molecule has 3 rings (SSSR count). The largest absolute Gasteiger partial charge is 0.359 e. The van der Waals surface area contributed by atoms with Crippen molar-refractivity contribution >= 4 is 8.15 Å². The van der Waals surface area contributed by atoms with Crippen molar-refractivity contribution < 1.29 is 4.52 Å². The van der Waals surface area contributed by atoms with Crippen molar-refractivity contribution in [3.63, 3.8) is 0 Å². The molecule has 3 aromatic carbocycles. The monoisotopic (exact) mass is 362 g/mol. The molecule has 0 aromatic heterocycles. The van der Waals surface area contributed by atoms with Crippen molar-refractivity contribution in [2.75, 3.05) is 18.9 Å². The van der Waals surface area contributed by atoms with Crippen molar-refractivity contribution in [3.8, 4) is 0 Å². The number of hydrogen-bond acceptors (Lipinski definition) is 1. The molecule has 26 heavy (non-hydrogen) atoms. The van der Waals surface area contributed by atoms with Gasteiger partial charge < -0.3 is 4.52 Å². The summed E-state index contributed by atoms with van der Waals surface area (Å²) in [6.45, 7) is 0.819. The average Bonchev–Trinajstić information content (AvgIpc) is 2.72. The van der Waals surface area contributed by atoms with Gasteiger partial charge in [0.1, 0.15) is 0 Å². The molecule has 0 amide bonds. The summed E-state index contributed by atoms with van der Waals surface area (Å²) in [7, 11) is -0.404. The fourth-order valence-electron chi connectivity index (χ4n) is 2.98. The highest BCUT2D eigenvalue weighted by atomic mass is 31.1. The molecular formula is C24H27OP. The fraction of sp³-hybridized carbons (Fsp3) is 0.250. The fourth-order valence-corrected chi connectivity index (χ4v) is 4.82. The first-order valence-corrected chi connectivity index (χ1v) is 11.0. The summed E-state index contributed by atoms with van der Waals surface area (Å²) in [4.78, 5) is 0. The van der Waals surface area contributed by atoms with E-state index in [9.17, 15) is 0 Å². The molecule has 1 nitrogen and oxygen atoms in total. The number of hydrogen-bond donors (Lipinski definition) is 0. The first-order chi connectivity index (χ1) is 12.9. The maximum atomic E-state index is 6.35. The van der Waals surface area contributed by atoms with E-state index in [1.54, 1.807) is 0 Å². The van der Waals surface area contributed by atoms with Gasteiger partial charge >= 0.3 is 0 Å². The molecule has 0 aliphatic rings. The van der Waals surface area contributed by atoms with E-state index in [-0.39, 0.29) is 0 Å². The van der Waals surface area contributed by atoms with Gasteiger partial charge in [-0.25, -0.2) is 0 Å². The van der Waals surface area contributed by atoms with Gasteiger partial charge in [0.05, 0.1) is 6.61 Å². The molecule has 0 spiro atoms. The van der Waals surface area contributed by atoms with E-state index in [2.05, 4.69) is 91.0 Å². The van der Waals surface area contributed by atoms with Crippen molar-refractivity contribution in [3.05, 3.63) is 108 Å². The van der Waals surface area contributed by atoms with Gasteiger partial charge in [-0.1, -0.05) is 91.0 Å². The number of benzene rings is 3.